The molecule has 0 spiro atoms. The van der Waals surface area contributed by atoms with Crippen LogP contribution in [0, 0.1) is 5.92 Å². The van der Waals surface area contributed by atoms with Crippen LogP contribution in [-0.4, -0.2) is 30.1 Å². The molecule has 5 heteroatoms. The van der Waals surface area contributed by atoms with Gasteiger partial charge in [0.15, 0.2) is 0 Å². The number of pyridine rings is 1. The van der Waals surface area contributed by atoms with Gasteiger partial charge in [0.2, 0.25) is 0 Å². The normalized spacial score (nSPS) is 21.2. The Labute approximate surface area is 109 Å². The van der Waals surface area contributed by atoms with Crippen molar-refractivity contribution in [2.75, 3.05) is 13.2 Å². The van der Waals surface area contributed by atoms with Gasteiger partial charge in [0.25, 0.3) is 5.91 Å². The van der Waals surface area contributed by atoms with Crippen molar-refractivity contribution in [3.05, 3.63) is 28.5 Å². The van der Waals surface area contributed by atoms with E-state index in [0.29, 0.717) is 16.1 Å². The van der Waals surface area contributed by atoms with Gasteiger partial charge in [-0.2, -0.15) is 0 Å². The van der Waals surface area contributed by atoms with Crippen LogP contribution in [0.1, 0.15) is 23.7 Å². The Kier molecular flexibility index (Phi) is 4.12. The van der Waals surface area contributed by atoms with Crippen LogP contribution in [-0.2, 0) is 4.74 Å². The molecular weight excluding hydrogens is 284 g/mol. The van der Waals surface area contributed by atoms with Gasteiger partial charge >= 0.3 is 0 Å². The van der Waals surface area contributed by atoms with E-state index in [1.165, 1.54) is 0 Å². The second-order valence-corrected chi connectivity index (χ2v) is 5.07. The summed E-state index contributed by atoms with van der Waals surface area (Å²) >= 11 is 3.25. The first-order valence-corrected chi connectivity index (χ1v) is 6.46. The lowest BCUT2D eigenvalue weighted by molar-refractivity contribution is 0.0922. The van der Waals surface area contributed by atoms with Crippen molar-refractivity contribution in [1.82, 2.24) is 10.3 Å². The van der Waals surface area contributed by atoms with Crippen molar-refractivity contribution in [3.8, 4) is 0 Å². The minimum Gasteiger partial charge on any atom is -0.381 e. The Balaban J connectivity index is 1.96. The van der Waals surface area contributed by atoms with Gasteiger partial charge in [-0.15, -0.1) is 0 Å². The molecule has 2 rings (SSSR count). The van der Waals surface area contributed by atoms with Crippen LogP contribution in [0.15, 0.2) is 22.9 Å². The SMILES string of the molecule is CC(NC(=O)c1ccnc(Br)c1)C1CCOC1. The van der Waals surface area contributed by atoms with E-state index in [1.54, 1.807) is 18.3 Å². The van der Waals surface area contributed by atoms with E-state index in [4.69, 9.17) is 4.74 Å². The summed E-state index contributed by atoms with van der Waals surface area (Å²) < 4.78 is 5.98. The zero-order valence-corrected chi connectivity index (χ0v) is 11.2. The van der Waals surface area contributed by atoms with Gasteiger partial charge in [-0.25, -0.2) is 4.98 Å². The second-order valence-electron chi connectivity index (χ2n) is 4.25. The fraction of sp³-hybridized carbons (Fsp3) is 0.500. The predicted molar refractivity (Wildman–Crippen MR) is 67.8 cm³/mol. The summed E-state index contributed by atoms with van der Waals surface area (Å²) in [7, 11) is 0. The van der Waals surface area contributed by atoms with Crippen LogP contribution in [0.4, 0.5) is 0 Å². The standard InChI is InChI=1S/C12H15BrN2O2/c1-8(10-3-5-17-7-10)15-12(16)9-2-4-14-11(13)6-9/h2,4,6,8,10H,3,5,7H2,1H3,(H,15,16). The lowest BCUT2D eigenvalue weighted by Crippen LogP contribution is -2.38. The number of nitrogens with one attached hydrogen (secondary N) is 1. The summed E-state index contributed by atoms with van der Waals surface area (Å²) in [6, 6.07) is 3.56. The van der Waals surface area contributed by atoms with Crippen molar-refractivity contribution in [2.45, 2.75) is 19.4 Å². The van der Waals surface area contributed by atoms with Crippen LogP contribution in [0.2, 0.25) is 0 Å². The van der Waals surface area contributed by atoms with Crippen LogP contribution < -0.4 is 5.32 Å². The molecule has 92 valence electrons. The van der Waals surface area contributed by atoms with E-state index in [0.717, 1.165) is 19.6 Å². The number of halogens is 1. The molecule has 1 saturated heterocycles. The van der Waals surface area contributed by atoms with E-state index < -0.39 is 0 Å². The molecule has 1 aromatic heterocycles. The molecule has 0 bridgehead atoms. The highest BCUT2D eigenvalue weighted by atomic mass is 79.9. The van der Waals surface area contributed by atoms with Crippen molar-refractivity contribution >= 4 is 21.8 Å². The average Bonchev–Trinajstić information content (AvgIpc) is 2.82. The maximum absolute atomic E-state index is 12.0. The second kappa shape index (κ2) is 5.60. The molecule has 1 fully saturated rings. The van der Waals surface area contributed by atoms with Crippen LogP contribution in [0.3, 0.4) is 0 Å². The maximum Gasteiger partial charge on any atom is 0.251 e. The Hall–Kier alpha value is -0.940. The molecule has 0 aromatic carbocycles. The Bertz CT molecular complexity index is 405. The highest BCUT2D eigenvalue weighted by Crippen LogP contribution is 2.17. The number of rotatable bonds is 3. The molecule has 1 aromatic rings. The first-order chi connectivity index (χ1) is 8.16. The van der Waals surface area contributed by atoms with Gasteiger partial charge in [0.1, 0.15) is 4.60 Å². The third-order valence-corrected chi connectivity index (χ3v) is 3.45. The van der Waals surface area contributed by atoms with E-state index in [9.17, 15) is 4.79 Å². The molecule has 1 N–H and O–H groups in total. The molecule has 2 unspecified atom stereocenters. The first-order valence-electron chi connectivity index (χ1n) is 5.67. The quantitative estimate of drug-likeness (QED) is 0.869. The van der Waals surface area contributed by atoms with Crippen molar-refractivity contribution in [2.24, 2.45) is 5.92 Å². The van der Waals surface area contributed by atoms with Crippen molar-refractivity contribution < 1.29 is 9.53 Å². The number of aromatic nitrogens is 1. The number of carbonyl (C=O) groups is 1. The molecule has 4 nitrogen and oxygen atoms in total. The van der Waals surface area contributed by atoms with E-state index in [1.807, 2.05) is 6.92 Å². The minimum absolute atomic E-state index is 0.0625. The third-order valence-electron chi connectivity index (χ3n) is 3.02. The summed E-state index contributed by atoms with van der Waals surface area (Å²) in [4.78, 5) is 16.0. The smallest absolute Gasteiger partial charge is 0.251 e. The number of amides is 1. The molecule has 17 heavy (non-hydrogen) atoms. The highest BCUT2D eigenvalue weighted by molar-refractivity contribution is 9.10. The van der Waals surface area contributed by atoms with E-state index >= 15 is 0 Å². The van der Waals surface area contributed by atoms with Crippen LogP contribution in [0.5, 0.6) is 0 Å². The summed E-state index contributed by atoms with van der Waals surface area (Å²) in [5.74, 6) is 0.358. The van der Waals surface area contributed by atoms with Gasteiger partial charge in [-0.05, 0) is 41.4 Å². The molecule has 1 aliphatic rings. The van der Waals surface area contributed by atoms with Gasteiger partial charge < -0.3 is 10.1 Å². The summed E-state index contributed by atoms with van der Waals surface area (Å²) in [5.41, 5.74) is 0.623. The number of hydrogen-bond acceptors (Lipinski definition) is 3. The Morgan fingerprint density at radius 3 is 3.18 bits per heavy atom. The predicted octanol–water partition coefficient (Wildman–Crippen LogP) is 2.00. The van der Waals surface area contributed by atoms with Crippen LogP contribution in [0.25, 0.3) is 0 Å². The van der Waals surface area contributed by atoms with Crippen molar-refractivity contribution in [3.63, 3.8) is 0 Å². The van der Waals surface area contributed by atoms with Gasteiger partial charge in [0, 0.05) is 30.3 Å². The zero-order chi connectivity index (χ0) is 12.3. The number of hydrogen-bond donors (Lipinski definition) is 1. The molecule has 1 amide bonds. The molecule has 1 aliphatic heterocycles. The van der Waals surface area contributed by atoms with E-state index in [-0.39, 0.29) is 11.9 Å². The first kappa shape index (κ1) is 12.5. The lowest BCUT2D eigenvalue weighted by atomic mass is 10.0. The fourth-order valence-corrected chi connectivity index (χ4v) is 2.26. The summed E-state index contributed by atoms with van der Waals surface area (Å²) in [6.45, 7) is 3.56. The van der Waals surface area contributed by atoms with Crippen molar-refractivity contribution in [1.29, 1.82) is 0 Å². The average molecular weight is 299 g/mol. The molecular formula is C12H15BrN2O2. The van der Waals surface area contributed by atoms with Gasteiger partial charge in [0.05, 0.1) is 6.61 Å². The Morgan fingerprint density at radius 1 is 1.71 bits per heavy atom. The molecule has 0 radical (unpaired) electrons. The maximum atomic E-state index is 12.0. The third kappa shape index (κ3) is 3.26. The number of ether oxygens (including phenoxy) is 1. The highest BCUT2D eigenvalue weighted by Gasteiger charge is 2.23. The molecule has 0 aliphatic carbocycles. The Morgan fingerprint density at radius 2 is 2.53 bits per heavy atom. The lowest BCUT2D eigenvalue weighted by Gasteiger charge is -2.19. The summed E-state index contributed by atoms with van der Waals surface area (Å²) in [6.07, 6.45) is 2.63. The topological polar surface area (TPSA) is 51.2 Å². The van der Waals surface area contributed by atoms with E-state index in [2.05, 4.69) is 26.2 Å². The number of carbonyl (C=O) groups excluding carboxylic acids is 1. The van der Waals surface area contributed by atoms with Gasteiger partial charge in [-0.1, -0.05) is 0 Å². The largest absolute Gasteiger partial charge is 0.381 e. The molecule has 2 atom stereocenters. The minimum atomic E-state index is -0.0625. The van der Waals surface area contributed by atoms with Gasteiger partial charge in [-0.3, -0.25) is 4.79 Å². The molecule has 2 heterocycles. The van der Waals surface area contributed by atoms with Crippen LogP contribution >= 0.6 is 15.9 Å². The fourth-order valence-electron chi connectivity index (χ4n) is 1.90. The monoisotopic (exact) mass is 298 g/mol. The zero-order valence-electron chi connectivity index (χ0n) is 9.65. The molecule has 0 saturated carbocycles. The summed E-state index contributed by atoms with van der Waals surface area (Å²) in [5, 5.41) is 3.00. The number of nitrogens with zero attached hydrogens (tertiary/aromatic N) is 1.